The lowest BCUT2D eigenvalue weighted by molar-refractivity contribution is 0.0421. The van der Waals surface area contributed by atoms with E-state index in [1.54, 1.807) is 0 Å². The van der Waals surface area contributed by atoms with Crippen molar-refractivity contribution < 1.29 is 4.74 Å². The largest absolute Gasteiger partial charge is 0.381 e. The first-order chi connectivity index (χ1) is 9.31. The summed E-state index contributed by atoms with van der Waals surface area (Å²) in [5, 5.41) is 3.53. The van der Waals surface area contributed by atoms with Gasteiger partial charge in [-0.05, 0) is 32.3 Å². The summed E-state index contributed by atoms with van der Waals surface area (Å²) >= 11 is 0. The maximum Gasteiger partial charge on any atom is 0.129 e. The van der Waals surface area contributed by atoms with Gasteiger partial charge in [0.25, 0.3) is 0 Å². The quantitative estimate of drug-likeness (QED) is 0.893. The number of likely N-dealkylation sites (tertiary alicyclic amines) is 1. The van der Waals surface area contributed by atoms with Gasteiger partial charge in [0, 0.05) is 44.6 Å². The molecule has 0 amide bonds. The number of hydrogen-bond acceptors (Lipinski definition) is 5. The normalized spacial score (nSPS) is 25.6. The van der Waals surface area contributed by atoms with Crippen LogP contribution in [0.25, 0.3) is 0 Å². The van der Waals surface area contributed by atoms with Crippen molar-refractivity contribution in [3.05, 3.63) is 18.1 Å². The van der Waals surface area contributed by atoms with Gasteiger partial charge < -0.3 is 10.1 Å². The van der Waals surface area contributed by atoms with Crippen LogP contribution in [0.15, 0.2) is 12.3 Å². The van der Waals surface area contributed by atoms with E-state index in [4.69, 9.17) is 4.74 Å². The van der Waals surface area contributed by atoms with Crippen molar-refractivity contribution in [1.82, 2.24) is 14.9 Å². The van der Waals surface area contributed by atoms with Crippen molar-refractivity contribution in [2.24, 2.45) is 0 Å². The molecule has 0 radical (unpaired) electrons. The zero-order valence-corrected chi connectivity index (χ0v) is 11.5. The molecule has 3 rings (SSSR count). The Bertz CT molecular complexity index is 420. The van der Waals surface area contributed by atoms with Crippen LogP contribution in [0.4, 0.5) is 5.82 Å². The first kappa shape index (κ1) is 12.8. The third kappa shape index (κ3) is 3.22. The fourth-order valence-corrected chi connectivity index (χ4v) is 3.03. The van der Waals surface area contributed by atoms with Gasteiger partial charge in [-0.2, -0.15) is 0 Å². The van der Waals surface area contributed by atoms with E-state index in [0.29, 0.717) is 12.1 Å². The second-order valence-electron chi connectivity index (χ2n) is 5.46. The van der Waals surface area contributed by atoms with Crippen molar-refractivity contribution in [2.45, 2.75) is 38.3 Å². The summed E-state index contributed by atoms with van der Waals surface area (Å²) in [6.45, 7) is 6.07. The van der Waals surface area contributed by atoms with Crippen LogP contribution < -0.4 is 5.32 Å². The van der Waals surface area contributed by atoms with Gasteiger partial charge in [-0.25, -0.2) is 9.97 Å². The monoisotopic (exact) mass is 262 g/mol. The maximum absolute atomic E-state index is 5.44. The highest BCUT2D eigenvalue weighted by molar-refractivity contribution is 5.34. The number of anilines is 1. The lowest BCUT2D eigenvalue weighted by Gasteiger charge is -2.31. The molecule has 104 valence electrons. The number of hydrogen-bond donors (Lipinski definition) is 1. The van der Waals surface area contributed by atoms with Crippen molar-refractivity contribution in [1.29, 1.82) is 0 Å². The van der Waals surface area contributed by atoms with E-state index >= 15 is 0 Å². The summed E-state index contributed by atoms with van der Waals surface area (Å²) in [6.07, 6.45) is 5.37. The van der Waals surface area contributed by atoms with Gasteiger partial charge in [-0.3, -0.25) is 4.90 Å². The van der Waals surface area contributed by atoms with E-state index < -0.39 is 0 Å². The standard InChI is InChI=1S/C14H22N4O/c1-11-15-6-2-14(16-11)17-12-3-7-18(10-12)13-4-8-19-9-5-13/h2,6,12-13H,3-5,7-10H2,1H3,(H,15,16,17). The fourth-order valence-electron chi connectivity index (χ4n) is 3.03. The third-order valence-electron chi connectivity index (χ3n) is 4.05. The minimum absolute atomic E-state index is 0.511. The molecule has 0 spiro atoms. The van der Waals surface area contributed by atoms with E-state index in [9.17, 15) is 0 Å². The van der Waals surface area contributed by atoms with Crippen LogP contribution in [0, 0.1) is 6.92 Å². The molecule has 1 unspecified atom stereocenters. The second kappa shape index (κ2) is 5.84. The Balaban J connectivity index is 1.54. The van der Waals surface area contributed by atoms with Gasteiger partial charge in [0.15, 0.2) is 0 Å². The Labute approximate surface area is 114 Å². The van der Waals surface area contributed by atoms with Gasteiger partial charge in [-0.15, -0.1) is 0 Å². The second-order valence-corrected chi connectivity index (χ2v) is 5.46. The summed E-state index contributed by atoms with van der Waals surface area (Å²) in [7, 11) is 0. The molecular weight excluding hydrogens is 240 g/mol. The molecule has 5 nitrogen and oxygen atoms in total. The van der Waals surface area contributed by atoms with Crippen molar-refractivity contribution in [3.63, 3.8) is 0 Å². The Kier molecular flexibility index (Phi) is 3.94. The molecule has 1 N–H and O–H groups in total. The van der Waals surface area contributed by atoms with Crippen LogP contribution in [0.2, 0.25) is 0 Å². The smallest absolute Gasteiger partial charge is 0.129 e. The highest BCUT2D eigenvalue weighted by Crippen LogP contribution is 2.21. The van der Waals surface area contributed by atoms with Crippen molar-refractivity contribution in [2.75, 3.05) is 31.6 Å². The van der Waals surface area contributed by atoms with Crippen LogP contribution in [-0.4, -0.2) is 53.3 Å². The van der Waals surface area contributed by atoms with Crippen LogP contribution in [-0.2, 0) is 4.74 Å². The minimum Gasteiger partial charge on any atom is -0.381 e. The molecule has 0 aromatic carbocycles. The highest BCUT2D eigenvalue weighted by atomic mass is 16.5. The van der Waals surface area contributed by atoms with E-state index in [-0.39, 0.29) is 0 Å². The first-order valence-corrected chi connectivity index (χ1v) is 7.19. The molecule has 1 aromatic rings. The lowest BCUT2D eigenvalue weighted by atomic mass is 10.1. The van der Waals surface area contributed by atoms with Crippen molar-refractivity contribution in [3.8, 4) is 0 Å². The van der Waals surface area contributed by atoms with E-state index in [2.05, 4.69) is 20.2 Å². The Morgan fingerprint density at radius 2 is 2.16 bits per heavy atom. The predicted molar refractivity (Wildman–Crippen MR) is 74.2 cm³/mol. The molecule has 3 heterocycles. The molecule has 1 atom stereocenters. The van der Waals surface area contributed by atoms with Crippen LogP contribution in [0.5, 0.6) is 0 Å². The molecule has 2 aliphatic rings. The molecular formula is C14H22N4O. The Morgan fingerprint density at radius 3 is 2.95 bits per heavy atom. The summed E-state index contributed by atoms with van der Waals surface area (Å²) in [6, 6.07) is 3.18. The van der Waals surface area contributed by atoms with Gasteiger partial charge >= 0.3 is 0 Å². The Hall–Kier alpha value is -1.20. The molecule has 0 aliphatic carbocycles. The number of aryl methyl sites for hydroxylation is 1. The van der Waals surface area contributed by atoms with E-state index in [1.165, 1.54) is 25.8 Å². The zero-order chi connectivity index (χ0) is 13.1. The molecule has 1 aromatic heterocycles. The van der Waals surface area contributed by atoms with Gasteiger partial charge in [0.05, 0.1) is 0 Å². The number of ether oxygens (including phenoxy) is 1. The molecule has 2 aliphatic heterocycles. The summed E-state index contributed by atoms with van der Waals surface area (Å²) < 4.78 is 5.44. The topological polar surface area (TPSA) is 50.3 Å². The van der Waals surface area contributed by atoms with E-state index in [0.717, 1.165) is 31.4 Å². The predicted octanol–water partition coefficient (Wildman–Crippen LogP) is 1.45. The molecule has 19 heavy (non-hydrogen) atoms. The summed E-state index contributed by atoms with van der Waals surface area (Å²) in [5.41, 5.74) is 0. The number of nitrogens with zero attached hydrogens (tertiary/aromatic N) is 3. The fraction of sp³-hybridized carbons (Fsp3) is 0.714. The summed E-state index contributed by atoms with van der Waals surface area (Å²) in [5.74, 6) is 1.77. The Morgan fingerprint density at radius 1 is 1.32 bits per heavy atom. The minimum atomic E-state index is 0.511. The number of aromatic nitrogens is 2. The van der Waals surface area contributed by atoms with Crippen molar-refractivity contribution >= 4 is 5.82 Å². The molecule has 2 fully saturated rings. The van der Waals surface area contributed by atoms with Crippen LogP contribution in [0.3, 0.4) is 0 Å². The van der Waals surface area contributed by atoms with Gasteiger partial charge in [0.1, 0.15) is 11.6 Å². The van der Waals surface area contributed by atoms with E-state index in [1.807, 2.05) is 19.2 Å². The van der Waals surface area contributed by atoms with Gasteiger partial charge in [0.2, 0.25) is 0 Å². The third-order valence-corrected chi connectivity index (χ3v) is 4.05. The number of rotatable bonds is 3. The van der Waals surface area contributed by atoms with Gasteiger partial charge in [-0.1, -0.05) is 0 Å². The zero-order valence-electron chi connectivity index (χ0n) is 11.5. The molecule has 0 saturated carbocycles. The number of nitrogens with one attached hydrogen (secondary N) is 1. The lowest BCUT2D eigenvalue weighted by Crippen LogP contribution is -2.39. The average molecular weight is 262 g/mol. The summed E-state index contributed by atoms with van der Waals surface area (Å²) in [4.78, 5) is 11.1. The molecule has 2 saturated heterocycles. The molecule has 5 heteroatoms. The van der Waals surface area contributed by atoms with Crippen LogP contribution in [0.1, 0.15) is 25.1 Å². The van der Waals surface area contributed by atoms with Crippen LogP contribution >= 0.6 is 0 Å². The SMILES string of the molecule is Cc1nccc(NC2CCN(C3CCOCC3)C2)n1. The maximum atomic E-state index is 5.44. The average Bonchev–Trinajstić information content (AvgIpc) is 2.88. The first-order valence-electron chi connectivity index (χ1n) is 7.19. The highest BCUT2D eigenvalue weighted by Gasteiger charge is 2.29. The molecule has 0 bridgehead atoms.